The minimum absolute atomic E-state index is 0.272. The summed E-state index contributed by atoms with van der Waals surface area (Å²) in [5, 5.41) is 0. The van der Waals surface area contributed by atoms with Gasteiger partial charge in [0.1, 0.15) is 0 Å². The molecule has 0 fully saturated rings. The number of hydrogen-bond donors (Lipinski definition) is 0. The molecular formula is C14H22O. The molecule has 1 unspecified atom stereocenters. The van der Waals surface area contributed by atoms with Gasteiger partial charge < -0.3 is 0 Å². The first-order valence-corrected chi connectivity index (χ1v) is 5.80. The predicted molar refractivity (Wildman–Crippen MR) is 64.7 cm³/mol. The van der Waals surface area contributed by atoms with Crippen molar-refractivity contribution >= 4 is 5.78 Å². The minimum Gasteiger partial charge on any atom is -0.295 e. The van der Waals surface area contributed by atoms with Crippen molar-refractivity contribution in [1.29, 1.82) is 0 Å². The first-order valence-electron chi connectivity index (χ1n) is 5.80. The molecule has 1 atom stereocenters. The molecule has 0 saturated heterocycles. The fourth-order valence-electron chi connectivity index (χ4n) is 1.98. The SMILES string of the molecule is C=CCCC(=O)C1=CCC(C)C(C)(C)C1. The van der Waals surface area contributed by atoms with Gasteiger partial charge in [-0.15, -0.1) is 6.58 Å². The van der Waals surface area contributed by atoms with Crippen LogP contribution in [-0.4, -0.2) is 5.78 Å². The summed E-state index contributed by atoms with van der Waals surface area (Å²) < 4.78 is 0. The lowest BCUT2D eigenvalue weighted by molar-refractivity contribution is -0.116. The van der Waals surface area contributed by atoms with Gasteiger partial charge in [0, 0.05) is 6.42 Å². The van der Waals surface area contributed by atoms with Gasteiger partial charge in [0.05, 0.1) is 0 Å². The third-order valence-corrected chi connectivity index (χ3v) is 3.63. The van der Waals surface area contributed by atoms with E-state index in [1.807, 2.05) is 6.08 Å². The second-order valence-electron chi connectivity index (χ2n) is 5.28. The molecule has 1 rings (SSSR count). The number of rotatable bonds is 4. The fourth-order valence-corrected chi connectivity index (χ4v) is 1.98. The second kappa shape index (κ2) is 4.78. The molecular weight excluding hydrogens is 184 g/mol. The van der Waals surface area contributed by atoms with Crippen molar-refractivity contribution in [2.45, 2.75) is 46.5 Å². The zero-order valence-electron chi connectivity index (χ0n) is 10.2. The second-order valence-corrected chi connectivity index (χ2v) is 5.28. The highest BCUT2D eigenvalue weighted by Crippen LogP contribution is 2.40. The number of Topliss-reactive ketones (excluding diaryl/α,β-unsaturated/α-hetero) is 1. The molecule has 0 aliphatic heterocycles. The molecule has 0 aromatic rings. The van der Waals surface area contributed by atoms with Crippen molar-refractivity contribution in [3.8, 4) is 0 Å². The Bertz CT molecular complexity index is 284. The van der Waals surface area contributed by atoms with Crippen LogP contribution in [0, 0.1) is 11.3 Å². The van der Waals surface area contributed by atoms with Gasteiger partial charge in [0.2, 0.25) is 0 Å². The van der Waals surface area contributed by atoms with Crippen molar-refractivity contribution in [3.63, 3.8) is 0 Å². The topological polar surface area (TPSA) is 17.1 Å². The number of ketones is 1. The van der Waals surface area contributed by atoms with Crippen molar-refractivity contribution in [2.75, 3.05) is 0 Å². The molecule has 0 saturated carbocycles. The standard InChI is InChI=1S/C14H22O/c1-5-6-7-13(15)12-9-8-11(2)14(3,4)10-12/h5,9,11H,1,6-8,10H2,2-4H3. The van der Waals surface area contributed by atoms with Gasteiger partial charge in [0.25, 0.3) is 0 Å². The highest BCUT2D eigenvalue weighted by molar-refractivity contribution is 5.95. The Hall–Kier alpha value is -0.850. The van der Waals surface area contributed by atoms with E-state index < -0.39 is 0 Å². The van der Waals surface area contributed by atoms with Crippen LogP contribution in [0.1, 0.15) is 46.5 Å². The maximum absolute atomic E-state index is 11.8. The lowest BCUT2D eigenvalue weighted by Crippen LogP contribution is -2.27. The average molecular weight is 206 g/mol. The molecule has 0 spiro atoms. The van der Waals surface area contributed by atoms with Crippen LogP contribution in [0.4, 0.5) is 0 Å². The Morgan fingerprint density at radius 2 is 2.33 bits per heavy atom. The third kappa shape index (κ3) is 3.05. The van der Waals surface area contributed by atoms with Crippen molar-refractivity contribution < 1.29 is 4.79 Å². The monoisotopic (exact) mass is 206 g/mol. The normalized spacial score (nSPS) is 24.5. The van der Waals surface area contributed by atoms with Gasteiger partial charge >= 0.3 is 0 Å². The van der Waals surface area contributed by atoms with Crippen LogP contribution in [0.25, 0.3) is 0 Å². The number of hydrogen-bond acceptors (Lipinski definition) is 1. The van der Waals surface area contributed by atoms with Gasteiger partial charge in [-0.25, -0.2) is 0 Å². The summed E-state index contributed by atoms with van der Waals surface area (Å²) in [6.07, 6.45) is 7.36. The summed E-state index contributed by atoms with van der Waals surface area (Å²) in [5.74, 6) is 0.989. The molecule has 0 N–H and O–H groups in total. The highest BCUT2D eigenvalue weighted by atomic mass is 16.1. The van der Waals surface area contributed by atoms with Crippen LogP contribution in [-0.2, 0) is 4.79 Å². The zero-order chi connectivity index (χ0) is 11.5. The third-order valence-electron chi connectivity index (χ3n) is 3.63. The van der Waals surface area contributed by atoms with Crippen LogP contribution in [0.5, 0.6) is 0 Å². The van der Waals surface area contributed by atoms with Crippen LogP contribution >= 0.6 is 0 Å². The summed E-state index contributed by atoms with van der Waals surface area (Å²) in [6.45, 7) is 10.4. The molecule has 0 aromatic carbocycles. The van der Waals surface area contributed by atoms with E-state index in [-0.39, 0.29) is 5.41 Å². The zero-order valence-corrected chi connectivity index (χ0v) is 10.2. The van der Waals surface area contributed by atoms with Crippen LogP contribution in [0.2, 0.25) is 0 Å². The van der Waals surface area contributed by atoms with E-state index in [2.05, 4.69) is 33.4 Å². The number of carbonyl (C=O) groups is 1. The van der Waals surface area contributed by atoms with Crippen molar-refractivity contribution in [3.05, 3.63) is 24.3 Å². The molecule has 1 heteroatoms. The molecule has 84 valence electrons. The first kappa shape index (κ1) is 12.2. The Labute approximate surface area is 93.3 Å². The lowest BCUT2D eigenvalue weighted by atomic mass is 9.69. The number of allylic oxidation sites excluding steroid dienone is 3. The van der Waals surface area contributed by atoms with E-state index in [0.717, 1.165) is 24.8 Å². The van der Waals surface area contributed by atoms with E-state index >= 15 is 0 Å². The van der Waals surface area contributed by atoms with Crippen molar-refractivity contribution in [1.82, 2.24) is 0 Å². The Balaban J connectivity index is 2.64. The van der Waals surface area contributed by atoms with Gasteiger partial charge in [-0.05, 0) is 36.2 Å². The highest BCUT2D eigenvalue weighted by Gasteiger charge is 2.31. The Morgan fingerprint density at radius 3 is 2.87 bits per heavy atom. The van der Waals surface area contributed by atoms with Crippen LogP contribution in [0.15, 0.2) is 24.3 Å². The van der Waals surface area contributed by atoms with E-state index in [0.29, 0.717) is 18.1 Å². The largest absolute Gasteiger partial charge is 0.295 e. The van der Waals surface area contributed by atoms with E-state index in [9.17, 15) is 4.79 Å². The van der Waals surface area contributed by atoms with Gasteiger partial charge in [-0.1, -0.05) is 32.9 Å². The van der Waals surface area contributed by atoms with Crippen molar-refractivity contribution in [2.24, 2.45) is 11.3 Å². The predicted octanol–water partition coefficient (Wildman–Crippen LogP) is 3.90. The first-order chi connectivity index (χ1) is 6.97. The van der Waals surface area contributed by atoms with Gasteiger partial charge in [-0.2, -0.15) is 0 Å². The Morgan fingerprint density at radius 1 is 1.67 bits per heavy atom. The molecule has 0 bridgehead atoms. The van der Waals surface area contributed by atoms with E-state index in [1.54, 1.807) is 0 Å². The van der Waals surface area contributed by atoms with Gasteiger partial charge in [-0.3, -0.25) is 4.79 Å². The molecule has 0 aromatic heterocycles. The quantitative estimate of drug-likeness (QED) is 0.637. The lowest BCUT2D eigenvalue weighted by Gasteiger charge is -2.35. The summed E-state index contributed by atoms with van der Waals surface area (Å²) in [6, 6.07) is 0. The maximum atomic E-state index is 11.8. The minimum atomic E-state index is 0.272. The molecule has 1 nitrogen and oxygen atoms in total. The van der Waals surface area contributed by atoms with E-state index in [4.69, 9.17) is 0 Å². The summed E-state index contributed by atoms with van der Waals surface area (Å²) in [7, 11) is 0. The van der Waals surface area contributed by atoms with Crippen LogP contribution in [0.3, 0.4) is 0 Å². The fraction of sp³-hybridized carbons (Fsp3) is 0.643. The average Bonchev–Trinajstić information content (AvgIpc) is 2.18. The Kier molecular flexibility index (Phi) is 3.90. The molecule has 15 heavy (non-hydrogen) atoms. The number of carbonyl (C=O) groups excluding carboxylic acids is 1. The molecule has 1 aliphatic rings. The maximum Gasteiger partial charge on any atom is 0.158 e. The summed E-state index contributed by atoms with van der Waals surface area (Å²) in [4.78, 5) is 11.8. The van der Waals surface area contributed by atoms with Crippen LogP contribution < -0.4 is 0 Å². The summed E-state index contributed by atoms with van der Waals surface area (Å²) >= 11 is 0. The summed E-state index contributed by atoms with van der Waals surface area (Å²) in [5.41, 5.74) is 1.31. The smallest absolute Gasteiger partial charge is 0.158 e. The van der Waals surface area contributed by atoms with Gasteiger partial charge in [0.15, 0.2) is 5.78 Å². The van der Waals surface area contributed by atoms with E-state index in [1.165, 1.54) is 0 Å². The molecule has 0 heterocycles. The molecule has 0 amide bonds. The molecule has 1 aliphatic carbocycles. The molecule has 0 radical (unpaired) electrons.